The summed E-state index contributed by atoms with van der Waals surface area (Å²) in [5, 5.41) is 15.3. The van der Waals surface area contributed by atoms with Gasteiger partial charge in [-0.05, 0) is 36.8 Å². The standard InChI is InChI=1S/C22H25F3N2O4/c1-14-3-5-16(6-4-14)20(27-15(2)28)11-21(30)26-12-18(29)13-31-19-9-7-17(8-10-19)22(23,24)25/h3-10,18,20,29H,11-13H2,1-2H3,(H,26,30)(H,27,28). The van der Waals surface area contributed by atoms with Gasteiger partial charge in [-0.3, -0.25) is 9.59 Å². The molecular formula is C22H25F3N2O4. The number of nitrogens with one attached hydrogen (secondary N) is 2. The molecule has 6 nitrogen and oxygen atoms in total. The maximum Gasteiger partial charge on any atom is 0.416 e. The molecule has 0 radical (unpaired) electrons. The number of carbonyl (C=O) groups excluding carboxylic acids is 2. The highest BCUT2D eigenvalue weighted by molar-refractivity contribution is 5.79. The second-order valence-electron chi connectivity index (χ2n) is 7.16. The van der Waals surface area contributed by atoms with E-state index in [-0.39, 0.29) is 37.1 Å². The van der Waals surface area contributed by atoms with Crippen molar-refractivity contribution in [2.75, 3.05) is 13.2 Å². The number of hydrogen-bond acceptors (Lipinski definition) is 4. The zero-order valence-corrected chi connectivity index (χ0v) is 17.2. The van der Waals surface area contributed by atoms with Gasteiger partial charge in [-0.2, -0.15) is 13.2 Å². The number of aryl methyl sites for hydroxylation is 1. The first-order chi connectivity index (χ1) is 14.5. The van der Waals surface area contributed by atoms with Crippen molar-refractivity contribution in [3.05, 3.63) is 65.2 Å². The van der Waals surface area contributed by atoms with E-state index in [0.29, 0.717) is 0 Å². The van der Waals surface area contributed by atoms with Gasteiger partial charge in [0.05, 0.1) is 18.0 Å². The van der Waals surface area contributed by atoms with Gasteiger partial charge in [-0.15, -0.1) is 0 Å². The fraction of sp³-hybridized carbons (Fsp3) is 0.364. The molecule has 0 spiro atoms. The van der Waals surface area contributed by atoms with Crippen molar-refractivity contribution in [1.29, 1.82) is 0 Å². The fourth-order valence-corrected chi connectivity index (χ4v) is 2.78. The van der Waals surface area contributed by atoms with Gasteiger partial charge in [-0.25, -0.2) is 0 Å². The van der Waals surface area contributed by atoms with Gasteiger partial charge in [-0.1, -0.05) is 29.8 Å². The number of benzene rings is 2. The molecular weight excluding hydrogens is 413 g/mol. The minimum Gasteiger partial charge on any atom is -0.491 e. The van der Waals surface area contributed by atoms with Gasteiger partial charge < -0.3 is 20.5 Å². The molecule has 0 aliphatic rings. The lowest BCUT2D eigenvalue weighted by Gasteiger charge is -2.19. The Labute approximate surface area is 178 Å². The Hall–Kier alpha value is -3.07. The summed E-state index contributed by atoms with van der Waals surface area (Å²) < 4.78 is 42.9. The van der Waals surface area contributed by atoms with E-state index in [4.69, 9.17) is 4.74 Å². The van der Waals surface area contributed by atoms with Gasteiger partial charge >= 0.3 is 6.18 Å². The lowest BCUT2D eigenvalue weighted by molar-refractivity contribution is -0.137. The van der Waals surface area contributed by atoms with Crippen LogP contribution in [0.4, 0.5) is 13.2 Å². The summed E-state index contributed by atoms with van der Waals surface area (Å²) in [6, 6.07) is 11.0. The van der Waals surface area contributed by atoms with Crippen LogP contribution in [-0.2, 0) is 15.8 Å². The first-order valence-electron chi connectivity index (χ1n) is 9.63. The monoisotopic (exact) mass is 438 g/mol. The lowest BCUT2D eigenvalue weighted by Crippen LogP contribution is -2.38. The molecule has 2 rings (SSSR count). The molecule has 0 fully saturated rings. The molecule has 2 atom stereocenters. The Balaban J connectivity index is 1.81. The van der Waals surface area contributed by atoms with Crippen LogP contribution < -0.4 is 15.4 Å². The van der Waals surface area contributed by atoms with Crippen LogP contribution in [-0.4, -0.2) is 36.2 Å². The van der Waals surface area contributed by atoms with Crippen LogP contribution in [0.1, 0.15) is 36.1 Å². The number of ether oxygens (including phenoxy) is 1. The third kappa shape index (κ3) is 8.29. The second-order valence-corrected chi connectivity index (χ2v) is 7.16. The van der Waals surface area contributed by atoms with Crippen LogP contribution in [0, 0.1) is 6.92 Å². The first kappa shape index (κ1) is 24.2. The number of aliphatic hydroxyl groups excluding tert-OH is 1. The highest BCUT2D eigenvalue weighted by Gasteiger charge is 2.30. The number of hydrogen-bond donors (Lipinski definition) is 3. The normalized spacial score (nSPS) is 13.2. The summed E-state index contributed by atoms with van der Waals surface area (Å²) in [4.78, 5) is 23.7. The molecule has 2 aromatic carbocycles. The molecule has 2 amide bonds. The average molecular weight is 438 g/mol. The van der Waals surface area contributed by atoms with E-state index < -0.39 is 23.9 Å². The molecule has 168 valence electrons. The summed E-state index contributed by atoms with van der Waals surface area (Å²) in [7, 11) is 0. The van der Waals surface area contributed by atoms with Crippen molar-refractivity contribution < 1.29 is 32.6 Å². The molecule has 31 heavy (non-hydrogen) atoms. The number of rotatable bonds is 9. The van der Waals surface area contributed by atoms with Crippen LogP contribution in [0.25, 0.3) is 0 Å². The van der Waals surface area contributed by atoms with E-state index >= 15 is 0 Å². The van der Waals surface area contributed by atoms with E-state index in [1.807, 2.05) is 31.2 Å². The maximum absolute atomic E-state index is 12.6. The lowest BCUT2D eigenvalue weighted by atomic mass is 10.0. The van der Waals surface area contributed by atoms with Gasteiger partial charge in [0.25, 0.3) is 0 Å². The highest BCUT2D eigenvalue weighted by Crippen LogP contribution is 2.30. The Morgan fingerprint density at radius 1 is 1.06 bits per heavy atom. The van der Waals surface area contributed by atoms with Gasteiger partial charge in [0.1, 0.15) is 18.5 Å². The summed E-state index contributed by atoms with van der Waals surface area (Å²) in [5.74, 6) is -0.486. The Morgan fingerprint density at radius 2 is 1.68 bits per heavy atom. The molecule has 0 aromatic heterocycles. The fourth-order valence-electron chi connectivity index (χ4n) is 2.78. The van der Waals surface area contributed by atoms with Crippen LogP contribution in [0.2, 0.25) is 0 Å². The van der Waals surface area contributed by atoms with Crippen LogP contribution in [0.3, 0.4) is 0 Å². The number of carbonyl (C=O) groups is 2. The van der Waals surface area contributed by atoms with E-state index in [0.717, 1.165) is 35.4 Å². The SMILES string of the molecule is CC(=O)NC(CC(=O)NCC(O)COc1ccc(C(F)(F)F)cc1)c1ccc(C)cc1. The van der Waals surface area contributed by atoms with Crippen molar-refractivity contribution in [2.45, 2.75) is 38.6 Å². The quantitative estimate of drug-likeness (QED) is 0.561. The molecule has 0 bridgehead atoms. The highest BCUT2D eigenvalue weighted by atomic mass is 19.4. The van der Waals surface area contributed by atoms with Crippen molar-refractivity contribution >= 4 is 11.8 Å². The molecule has 0 aliphatic heterocycles. The smallest absolute Gasteiger partial charge is 0.416 e. The molecule has 3 N–H and O–H groups in total. The van der Waals surface area contributed by atoms with Crippen molar-refractivity contribution in [2.24, 2.45) is 0 Å². The molecule has 0 saturated heterocycles. The third-order valence-electron chi connectivity index (χ3n) is 4.41. The predicted molar refractivity (Wildman–Crippen MR) is 108 cm³/mol. The van der Waals surface area contributed by atoms with Gasteiger partial charge in [0.15, 0.2) is 0 Å². The van der Waals surface area contributed by atoms with E-state index in [9.17, 15) is 27.9 Å². The minimum atomic E-state index is -4.43. The van der Waals surface area contributed by atoms with Crippen LogP contribution in [0.5, 0.6) is 5.75 Å². The van der Waals surface area contributed by atoms with Crippen molar-refractivity contribution in [3.63, 3.8) is 0 Å². The zero-order valence-electron chi connectivity index (χ0n) is 17.2. The van der Waals surface area contributed by atoms with E-state index in [2.05, 4.69) is 10.6 Å². The zero-order chi connectivity index (χ0) is 23.0. The topological polar surface area (TPSA) is 87.7 Å². The largest absolute Gasteiger partial charge is 0.491 e. The van der Waals surface area contributed by atoms with Gasteiger partial charge in [0.2, 0.25) is 11.8 Å². The number of amides is 2. The summed E-state index contributed by atoms with van der Waals surface area (Å²) in [6.07, 6.45) is -5.52. The van der Waals surface area contributed by atoms with E-state index in [1.165, 1.54) is 6.92 Å². The van der Waals surface area contributed by atoms with Crippen LogP contribution >= 0.6 is 0 Å². The summed E-state index contributed by atoms with van der Waals surface area (Å²) in [6.45, 7) is 2.97. The van der Waals surface area contributed by atoms with Crippen molar-refractivity contribution in [1.82, 2.24) is 10.6 Å². The number of alkyl halides is 3. The molecule has 0 aliphatic carbocycles. The summed E-state index contributed by atoms with van der Waals surface area (Å²) in [5.41, 5.74) is 1.03. The maximum atomic E-state index is 12.6. The molecule has 2 aromatic rings. The Kier molecular flexibility index (Phi) is 8.44. The van der Waals surface area contributed by atoms with Crippen molar-refractivity contribution in [3.8, 4) is 5.75 Å². The number of halogens is 3. The first-order valence-corrected chi connectivity index (χ1v) is 9.63. The average Bonchev–Trinajstić information content (AvgIpc) is 2.70. The van der Waals surface area contributed by atoms with Gasteiger partial charge in [0, 0.05) is 13.5 Å². The van der Waals surface area contributed by atoms with E-state index in [1.54, 1.807) is 0 Å². The molecule has 0 heterocycles. The number of aliphatic hydroxyl groups is 1. The third-order valence-corrected chi connectivity index (χ3v) is 4.41. The minimum absolute atomic E-state index is 0.0187. The molecule has 2 unspecified atom stereocenters. The molecule has 0 saturated carbocycles. The summed E-state index contributed by atoms with van der Waals surface area (Å²) >= 11 is 0. The Bertz CT molecular complexity index is 868. The second kappa shape index (κ2) is 10.8. The Morgan fingerprint density at radius 3 is 2.23 bits per heavy atom. The molecule has 9 heteroatoms. The van der Waals surface area contributed by atoms with Crippen LogP contribution in [0.15, 0.2) is 48.5 Å². The predicted octanol–water partition coefficient (Wildman–Crippen LogP) is 3.14.